The van der Waals surface area contributed by atoms with Crippen LogP contribution < -0.4 is 5.32 Å². The molecule has 2 nitrogen and oxygen atoms in total. The summed E-state index contributed by atoms with van der Waals surface area (Å²) in [7, 11) is 2.22. The van der Waals surface area contributed by atoms with E-state index in [0.717, 1.165) is 12.1 Å². The molecule has 0 bridgehead atoms. The molecule has 1 N–H and O–H groups in total. The zero-order chi connectivity index (χ0) is 8.39. The van der Waals surface area contributed by atoms with Gasteiger partial charge in [-0.05, 0) is 45.8 Å². The molecular formula is C10H20N2. The molecule has 1 saturated heterocycles. The third-order valence-electron chi connectivity index (χ3n) is 3.30. The first-order chi connectivity index (χ1) is 5.84. The molecule has 2 fully saturated rings. The van der Waals surface area contributed by atoms with Crippen LogP contribution in [0.1, 0.15) is 32.1 Å². The molecule has 1 saturated carbocycles. The lowest BCUT2D eigenvalue weighted by atomic mass is 9.91. The van der Waals surface area contributed by atoms with Crippen LogP contribution in [0.5, 0.6) is 0 Å². The van der Waals surface area contributed by atoms with Crippen LogP contribution in [-0.4, -0.2) is 37.1 Å². The standard InChI is InChI=1S/C10H20N2/c1-12-7-5-10(6-8-12)11-9-3-2-4-9/h9-11H,2-8H2,1H3. The maximum Gasteiger partial charge on any atom is 0.00939 e. The van der Waals surface area contributed by atoms with E-state index in [1.54, 1.807) is 0 Å². The van der Waals surface area contributed by atoms with E-state index in [1.165, 1.54) is 45.2 Å². The van der Waals surface area contributed by atoms with Crippen molar-refractivity contribution in [1.82, 2.24) is 10.2 Å². The van der Waals surface area contributed by atoms with Crippen molar-refractivity contribution in [2.45, 2.75) is 44.2 Å². The summed E-state index contributed by atoms with van der Waals surface area (Å²) in [5.74, 6) is 0. The second kappa shape index (κ2) is 3.75. The van der Waals surface area contributed by atoms with Gasteiger partial charge in [0.15, 0.2) is 0 Å². The van der Waals surface area contributed by atoms with E-state index in [4.69, 9.17) is 0 Å². The number of rotatable bonds is 2. The molecule has 2 aliphatic rings. The molecule has 1 heterocycles. The van der Waals surface area contributed by atoms with Gasteiger partial charge in [-0.25, -0.2) is 0 Å². The summed E-state index contributed by atoms with van der Waals surface area (Å²) in [6.45, 7) is 2.56. The highest BCUT2D eigenvalue weighted by Gasteiger charge is 2.23. The smallest absolute Gasteiger partial charge is 0.00939 e. The van der Waals surface area contributed by atoms with Crippen LogP contribution in [0.2, 0.25) is 0 Å². The van der Waals surface area contributed by atoms with Crippen molar-refractivity contribution >= 4 is 0 Å². The minimum Gasteiger partial charge on any atom is -0.311 e. The van der Waals surface area contributed by atoms with Crippen LogP contribution in [0.4, 0.5) is 0 Å². The highest BCUT2D eigenvalue weighted by molar-refractivity contribution is 4.83. The maximum atomic E-state index is 3.75. The van der Waals surface area contributed by atoms with E-state index < -0.39 is 0 Å². The molecule has 2 rings (SSSR count). The monoisotopic (exact) mass is 168 g/mol. The lowest BCUT2D eigenvalue weighted by Gasteiger charge is -2.35. The van der Waals surface area contributed by atoms with Crippen molar-refractivity contribution in [3.05, 3.63) is 0 Å². The Bertz CT molecular complexity index is 135. The quantitative estimate of drug-likeness (QED) is 0.667. The van der Waals surface area contributed by atoms with E-state index in [2.05, 4.69) is 17.3 Å². The Morgan fingerprint density at radius 3 is 2.08 bits per heavy atom. The first-order valence-electron chi connectivity index (χ1n) is 5.29. The molecule has 1 aliphatic carbocycles. The normalized spacial score (nSPS) is 28.8. The van der Waals surface area contributed by atoms with Gasteiger partial charge in [-0.1, -0.05) is 6.42 Å². The summed E-state index contributed by atoms with van der Waals surface area (Å²) in [6.07, 6.45) is 7.00. The number of piperidine rings is 1. The first kappa shape index (κ1) is 8.52. The molecule has 70 valence electrons. The lowest BCUT2D eigenvalue weighted by Crippen LogP contribution is -2.47. The molecule has 0 spiro atoms. The number of likely N-dealkylation sites (tertiary alicyclic amines) is 1. The third-order valence-corrected chi connectivity index (χ3v) is 3.30. The van der Waals surface area contributed by atoms with Crippen molar-refractivity contribution in [1.29, 1.82) is 0 Å². The predicted molar refractivity (Wildman–Crippen MR) is 51.3 cm³/mol. The van der Waals surface area contributed by atoms with Gasteiger partial charge in [0.2, 0.25) is 0 Å². The van der Waals surface area contributed by atoms with Crippen molar-refractivity contribution in [3.8, 4) is 0 Å². The second-order valence-electron chi connectivity index (χ2n) is 4.37. The molecule has 0 aromatic rings. The fraction of sp³-hybridized carbons (Fsp3) is 1.00. The van der Waals surface area contributed by atoms with Gasteiger partial charge in [0.25, 0.3) is 0 Å². The number of hydrogen-bond donors (Lipinski definition) is 1. The average molecular weight is 168 g/mol. The second-order valence-corrected chi connectivity index (χ2v) is 4.37. The first-order valence-corrected chi connectivity index (χ1v) is 5.29. The summed E-state index contributed by atoms with van der Waals surface area (Å²) in [6, 6.07) is 1.70. The van der Waals surface area contributed by atoms with Gasteiger partial charge in [0.05, 0.1) is 0 Å². The summed E-state index contributed by atoms with van der Waals surface area (Å²) in [5.41, 5.74) is 0. The fourth-order valence-corrected chi connectivity index (χ4v) is 2.08. The zero-order valence-corrected chi connectivity index (χ0v) is 8.05. The molecule has 0 aromatic heterocycles. The van der Waals surface area contributed by atoms with Gasteiger partial charge >= 0.3 is 0 Å². The van der Waals surface area contributed by atoms with Crippen LogP contribution >= 0.6 is 0 Å². The topological polar surface area (TPSA) is 15.3 Å². The highest BCUT2D eigenvalue weighted by atomic mass is 15.1. The van der Waals surface area contributed by atoms with Crippen molar-refractivity contribution in [2.24, 2.45) is 0 Å². The van der Waals surface area contributed by atoms with E-state index in [9.17, 15) is 0 Å². The van der Waals surface area contributed by atoms with Crippen LogP contribution in [0.25, 0.3) is 0 Å². The SMILES string of the molecule is CN1CCC(NC2CCC2)CC1. The van der Waals surface area contributed by atoms with Gasteiger partial charge in [-0.15, -0.1) is 0 Å². The molecular weight excluding hydrogens is 148 g/mol. The molecule has 0 unspecified atom stereocenters. The minimum absolute atomic E-state index is 0.825. The van der Waals surface area contributed by atoms with Crippen LogP contribution in [0.3, 0.4) is 0 Å². The number of nitrogens with one attached hydrogen (secondary N) is 1. The molecule has 12 heavy (non-hydrogen) atoms. The molecule has 2 heteroatoms. The largest absolute Gasteiger partial charge is 0.311 e. The van der Waals surface area contributed by atoms with E-state index >= 15 is 0 Å². The minimum atomic E-state index is 0.825. The maximum absolute atomic E-state index is 3.75. The van der Waals surface area contributed by atoms with Gasteiger partial charge in [-0.2, -0.15) is 0 Å². The molecule has 1 aliphatic heterocycles. The van der Waals surface area contributed by atoms with Crippen LogP contribution in [0, 0.1) is 0 Å². The van der Waals surface area contributed by atoms with E-state index in [1.807, 2.05) is 0 Å². The van der Waals surface area contributed by atoms with Crippen LogP contribution in [0.15, 0.2) is 0 Å². The highest BCUT2D eigenvalue weighted by Crippen LogP contribution is 2.20. The predicted octanol–water partition coefficient (Wildman–Crippen LogP) is 1.22. The van der Waals surface area contributed by atoms with E-state index in [-0.39, 0.29) is 0 Å². The van der Waals surface area contributed by atoms with Crippen molar-refractivity contribution in [2.75, 3.05) is 20.1 Å². The Balaban J connectivity index is 1.67. The number of nitrogens with zero attached hydrogens (tertiary/aromatic N) is 1. The molecule has 0 atom stereocenters. The van der Waals surface area contributed by atoms with Gasteiger partial charge in [-0.3, -0.25) is 0 Å². The van der Waals surface area contributed by atoms with E-state index in [0.29, 0.717) is 0 Å². The Morgan fingerprint density at radius 2 is 1.58 bits per heavy atom. The number of hydrogen-bond acceptors (Lipinski definition) is 2. The Morgan fingerprint density at radius 1 is 1.00 bits per heavy atom. The zero-order valence-electron chi connectivity index (χ0n) is 8.05. The van der Waals surface area contributed by atoms with Crippen molar-refractivity contribution < 1.29 is 0 Å². The average Bonchev–Trinajstić information content (AvgIpc) is 2.00. The Kier molecular flexibility index (Phi) is 2.66. The summed E-state index contributed by atoms with van der Waals surface area (Å²) >= 11 is 0. The summed E-state index contributed by atoms with van der Waals surface area (Å²) in [5, 5.41) is 3.75. The Hall–Kier alpha value is -0.0800. The van der Waals surface area contributed by atoms with Gasteiger partial charge < -0.3 is 10.2 Å². The fourth-order valence-electron chi connectivity index (χ4n) is 2.08. The Labute approximate surface area is 75.3 Å². The van der Waals surface area contributed by atoms with Crippen LogP contribution in [-0.2, 0) is 0 Å². The molecule has 0 aromatic carbocycles. The lowest BCUT2D eigenvalue weighted by molar-refractivity contribution is 0.203. The van der Waals surface area contributed by atoms with Crippen molar-refractivity contribution in [3.63, 3.8) is 0 Å². The molecule has 0 amide bonds. The summed E-state index contributed by atoms with van der Waals surface area (Å²) < 4.78 is 0. The molecule has 0 radical (unpaired) electrons. The summed E-state index contributed by atoms with van der Waals surface area (Å²) in [4.78, 5) is 2.43. The third kappa shape index (κ3) is 1.99. The van der Waals surface area contributed by atoms with Gasteiger partial charge in [0.1, 0.15) is 0 Å². The van der Waals surface area contributed by atoms with Gasteiger partial charge in [0, 0.05) is 12.1 Å².